The molecular weight excluding hydrogens is 216 g/mol. The summed E-state index contributed by atoms with van der Waals surface area (Å²) < 4.78 is 0. The second-order valence-electron chi connectivity index (χ2n) is 4.86. The van der Waals surface area contributed by atoms with Crippen molar-refractivity contribution in [1.29, 1.82) is 0 Å². The van der Waals surface area contributed by atoms with Crippen LogP contribution in [0.25, 0.3) is 0 Å². The summed E-state index contributed by atoms with van der Waals surface area (Å²) in [5.74, 6) is 6.58. The van der Waals surface area contributed by atoms with Crippen LogP contribution in [-0.4, -0.2) is 0 Å². The summed E-state index contributed by atoms with van der Waals surface area (Å²) in [6.07, 6.45) is 9.68. The molecule has 2 nitrogen and oxygen atoms in total. The van der Waals surface area contributed by atoms with Gasteiger partial charge in [0.15, 0.2) is 0 Å². The molecule has 1 fully saturated rings. The maximum Gasteiger partial charge on any atom is 0.0468 e. The SMILES string of the molecule is NNC(CCC1CCCCC1)c1ccsc1. The highest BCUT2D eigenvalue weighted by atomic mass is 32.1. The predicted octanol–water partition coefficient (Wildman–Crippen LogP) is 3.61. The van der Waals surface area contributed by atoms with Crippen LogP contribution in [0.3, 0.4) is 0 Å². The molecule has 0 saturated heterocycles. The van der Waals surface area contributed by atoms with Crippen LogP contribution in [0, 0.1) is 5.92 Å². The summed E-state index contributed by atoms with van der Waals surface area (Å²) in [7, 11) is 0. The summed E-state index contributed by atoms with van der Waals surface area (Å²) in [4.78, 5) is 0. The number of thiophene rings is 1. The van der Waals surface area contributed by atoms with E-state index in [9.17, 15) is 0 Å². The van der Waals surface area contributed by atoms with Crippen LogP contribution >= 0.6 is 11.3 Å². The highest BCUT2D eigenvalue weighted by Crippen LogP contribution is 2.30. The summed E-state index contributed by atoms with van der Waals surface area (Å²) >= 11 is 1.75. The zero-order chi connectivity index (χ0) is 11.2. The van der Waals surface area contributed by atoms with Gasteiger partial charge in [-0.1, -0.05) is 32.1 Å². The van der Waals surface area contributed by atoms with Gasteiger partial charge >= 0.3 is 0 Å². The summed E-state index contributed by atoms with van der Waals surface area (Å²) in [6.45, 7) is 0. The van der Waals surface area contributed by atoms with Crippen molar-refractivity contribution in [3.8, 4) is 0 Å². The molecule has 16 heavy (non-hydrogen) atoms. The fraction of sp³-hybridized carbons (Fsp3) is 0.692. The van der Waals surface area contributed by atoms with Gasteiger partial charge in [-0.25, -0.2) is 0 Å². The lowest BCUT2D eigenvalue weighted by Gasteiger charge is -2.23. The molecule has 90 valence electrons. The van der Waals surface area contributed by atoms with Crippen molar-refractivity contribution in [2.75, 3.05) is 0 Å². The average Bonchev–Trinajstić information content (AvgIpc) is 2.85. The Hall–Kier alpha value is -0.380. The third-order valence-electron chi connectivity index (χ3n) is 3.74. The molecule has 0 amide bonds. The standard InChI is InChI=1S/C13H22N2S/c14-15-13(12-8-9-16-10-12)7-6-11-4-2-1-3-5-11/h8-11,13,15H,1-7,14H2. The van der Waals surface area contributed by atoms with E-state index in [1.807, 2.05) is 0 Å². The lowest BCUT2D eigenvalue weighted by atomic mass is 9.85. The predicted molar refractivity (Wildman–Crippen MR) is 70.2 cm³/mol. The summed E-state index contributed by atoms with van der Waals surface area (Å²) in [5, 5.41) is 4.33. The zero-order valence-corrected chi connectivity index (χ0v) is 10.6. The molecule has 1 aliphatic rings. The van der Waals surface area contributed by atoms with E-state index in [2.05, 4.69) is 22.3 Å². The van der Waals surface area contributed by atoms with E-state index in [0.29, 0.717) is 6.04 Å². The molecule has 0 aromatic carbocycles. The van der Waals surface area contributed by atoms with E-state index in [1.165, 1.54) is 50.5 Å². The average molecular weight is 238 g/mol. The Balaban J connectivity index is 1.78. The second-order valence-corrected chi connectivity index (χ2v) is 5.64. The van der Waals surface area contributed by atoms with Gasteiger partial charge in [-0.15, -0.1) is 0 Å². The molecule has 1 aromatic heterocycles. The molecule has 1 heterocycles. The zero-order valence-electron chi connectivity index (χ0n) is 9.82. The quantitative estimate of drug-likeness (QED) is 0.607. The van der Waals surface area contributed by atoms with Gasteiger partial charge in [0.25, 0.3) is 0 Å². The van der Waals surface area contributed by atoms with E-state index in [4.69, 9.17) is 5.84 Å². The normalized spacial score (nSPS) is 19.8. The van der Waals surface area contributed by atoms with Crippen molar-refractivity contribution in [2.24, 2.45) is 11.8 Å². The second kappa shape index (κ2) is 6.38. The van der Waals surface area contributed by atoms with Crippen molar-refractivity contribution in [2.45, 2.75) is 51.0 Å². The first kappa shape index (κ1) is 12.1. The van der Waals surface area contributed by atoms with E-state index >= 15 is 0 Å². The topological polar surface area (TPSA) is 38.0 Å². The Morgan fingerprint density at radius 3 is 2.81 bits per heavy atom. The van der Waals surface area contributed by atoms with Crippen molar-refractivity contribution in [1.82, 2.24) is 5.43 Å². The molecule has 2 rings (SSSR count). The largest absolute Gasteiger partial charge is 0.271 e. The molecule has 1 unspecified atom stereocenters. The van der Waals surface area contributed by atoms with Crippen LogP contribution in [0.2, 0.25) is 0 Å². The minimum Gasteiger partial charge on any atom is -0.271 e. The molecule has 1 aromatic rings. The Morgan fingerprint density at radius 1 is 1.38 bits per heavy atom. The lowest BCUT2D eigenvalue weighted by molar-refractivity contribution is 0.315. The Bertz CT molecular complexity index is 278. The molecule has 1 atom stereocenters. The number of hydrazine groups is 1. The van der Waals surface area contributed by atoms with Crippen molar-refractivity contribution >= 4 is 11.3 Å². The minimum atomic E-state index is 0.355. The van der Waals surface area contributed by atoms with E-state index in [1.54, 1.807) is 11.3 Å². The van der Waals surface area contributed by atoms with Gasteiger partial charge < -0.3 is 0 Å². The minimum absolute atomic E-state index is 0.355. The van der Waals surface area contributed by atoms with Crippen LogP contribution in [0.5, 0.6) is 0 Å². The lowest BCUT2D eigenvalue weighted by Crippen LogP contribution is -2.28. The van der Waals surface area contributed by atoms with Gasteiger partial charge in [-0.3, -0.25) is 11.3 Å². The van der Waals surface area contributed by atoms with Crippen LogP contribution in [-0.2, 0) is 0 Å². The summed E-state index contributed by atoms with van der Waals surface area (Å²) in [6, 6.07) is 2.53. The van der Waals surface area contributed by atoms with Crippen LogP contribution in [0.4, 0.5) is 0 Å². The number of nitrogens with one attached hydrogen (secondary N) is 1. The highest BCUT2D eigenvalue weighted by molar-refractivity contribution is 7.07. The molecule has 0 radical (unpaired) electrons. The fourth-order valence-electron chi connectivity index (χ4n) is 2.70. The molecule has 1 saturated carbocycles. The van der Waals surface area contributed by atoms with Crippen molar-refractivity contribution in [3.05, 3.63) is 22.4 Å². The number of hydrogen-bond acceptors (Lipinski definition) is 3. The van der Waals surface area contributed by atoms with Crippen molar-refractivity contribution < 1.29 is 0 Å². The monoisotopic (exact) mass is 238 g/mol. The molecular formula is C13H22N2S. The molecule has 3 heteroatoms. The third kappa shape index (κ3) is 3.30. The first-order valence-electron chi connectivity index (χ1n) is 6.38. The van der Waals surface area contributed by atoms with Crippen LogP contribution in [0.15, 0.2) is 16.8 Å². The first-order chi connectivity index (χ1) is 7.90. The van der Waals surface area contributed by atoms with Gasteiger partial charge in [-0.2, -0.15) is 11.3 Å². The molecule has 0 bridgehead atoms. The van der Waals surface area contributed by atoms with Crippen LogP contribution < -0.4 is 11.3 Å². The molecule has 1 aliphatic carbocycles. The van der Waals surface area contributed by atoms with E-state index in [-0.39, 0.29) is 0 Å². The van der Waals surface area contributed by atoms with Gasteiger partial charge in [0.1, 0.15) is 0 Å². The Morgan fingerprint density at radius 2 is 2.19 bits per heavy atom. The highest BCUT2D eigenvalue weighted by Gasteiger charge is 2.16. The molecule has 0 aliphatic heterocycles. The van der Waals surface area contributed by atoms with Crippen molar-refractivity contribution in [3.63, 3.8) is 0 Å². The van der Waals surface area contributed by atoms with Gasteiger partial charge in [0.05, 0.1) is 0 Å². The first-order valence-corrected chi connectivity index (χ1v) is 7.32. The van der Waals surface area contributed by atoms with Gasteiger partial charge in [0.2, 0.25) is 0 Å². The Labute approximate surface area is 102 Å². The third-order valence-corrected chi connectivity index (χ3v) is 4.44. The van der Waals surface area contributed by atoms with E-state index < -0.39 is 0 Å². The fourth-order valence-corrected chi connectivity index (χ4v) is 3.41. The molecule has 0 spiro atoms. The smallest absolute Gasteiger partial charge is 0.0468 e. The van der Waals surface area contributed by atoms with Gasteiger partial charge in [0, 0.05) is 6.04 Å². The maximum atomic E-state index is 5.63. The summed E-state index contributed by atoms with van der Waals surface area (Å²) in [5.41, 5.74) is 4.30. The Kier molecular flexibility index (Phi) is 4.82. The van der Waals surface area contributed by atoms with Crippen LogP contribution in [0.1, 0.15) is 56.6 Å². The number of rotatable bonds is 5. The number of hydrogen-bond donors (Lipinski definition) is 2. The number of nitrogens with two attached hydrogens (primary N) is 1. The van der Waals surface area contributed by atoms with E-state index in [0.717, 1.165) is 5.92 Å². The van der Waals surface area contributed by atoms with Gasteiger partial charge in [-0.05, 0) is 41.1 Å². The molecule has 3 N–H and O–H groups in total. The maximum absolute atomic E-state index is 5.63.